The molecule has 2 aromatic rings. The second-order valence-corrected chi connectivity index (χ2v) is 6.75. The lowest BCUT2D eigenvalue weighted by Crippen LogP contribution is -2.26. The number of hydrogen-bond acceptors (Lipinski definition) is 4. The van der Waals surface area contributed by atoms with Crippen molar-refractivity contribution in [1.29, 1.82) is 0 Å². The second-order valence-electron chi connectivity index (χ2n) is 6.75. The molecule has 0 saturated heterocycles. The number of esters is 1. The molecule has 1 heterocycles. The Kier molecular flexibility index (Phi) is 4.90. The van der Waals surface area contributed by atoms with Crippen molar-refractivity contribution >= 4 is 5.97 Å². The average molecular weight is 316 g/mol. The van der Waals surface area contributed by atoms with Gasteiger partial charge in [0.2, 0.25) is 5.88 Å². The lowest BCUT2D eigenvalue weighted by molar-refractivity contribution is -0.143. The third kappa shape index (κ3) is 3.99. The summed E-state index contributed by atoms with van der Waals surface area (Å²) < 4.78 is 12.4. The molecule has 1 aromatic carbocycles. The molecule has 23 heavy (non-hydrogen) atoms. The van der Waals surface area contributed by atoms with Gasteiger partial charge < -0.3 is 9.47 Å². The normalized spacial score (nSPS) is 11.6. The Morgan fingerprint density at radius 2 is 1.91 bits per heavy atom. The van der Waals surface area contributed by atoms with E-state index in [1.165, 1.54) is 5.56 Å². The number of carbonyl (C=O) groups excluding carboxylic acids is 1. The molecule has 0 bridgehead atoms. The number of benzene rings is 1. The van der Waals surface area contributed by atoms with Crippen LogP contribution in [0.5, 0.6) is 5.88 Å². The standard InChI is InChI=1S/C18H24N2O3/c1-12-7-8-15(13(2)9-12)20-16(10-14(19-20)11-22-6)23-17(21)18(3,4)5/h7-10H,11H2,1-6H3. The largest absolute Gasteiger partial charge is 0.407 e. The van der Waals surface area contributed by atoms with Gasteiger partial charge in [-0.2, -0.15) is 5.10 Å². The van der Waals surface area contributed by atoms with Gasteiger partial charge in [0.15, 0.2) is 0 Å². The summed E-state index contributed by atoms with van der Waals surface area (Å²) in [5.41, 5.74) is 3.24. The number of rotatable bonds is 4. The predicted molar refractivity (Wildman–Crippen MR) is 88.8 cm³/mol. The molecule has 0 radical (unpaired) electrons. The van der Waals surface area contributed by atoms with Crippen molar-refractivity contribution in [1.82, 2.24) is 9.78 Å². The molecule has 0 saturated carbocycles. The molecule has 0 aliphatic heterocycles. The summed E-state index contributed by atoms with van der Waals surface area (Å²) in [6, 6.07) is 7.80. The zero-order valence-electron chi connectivity index (χ0n) is 14.6. The number of nitrogens with zero attached hydrogens (tertiary/aromatic N) is 2. The minimum Gasteiger partial charge on any atom is -0.407 e. The zero-order chi connectivity index (χ0) is 17.2. The molecule has 0 atom stereocenters. The van der Waals surface area contributed by atoms with Gasteiger partial charge >= 0.3 is 5.97 Å². The number of methoxy groups -OCH3 is 1. The van der Waals surface area contributed by atoms with Gasteiger partial charge in [-0.1, -0.05) is 17.7 Å². The van der Waals surface area contributed by atoms with E-state index in [0.29, 0.717) is 18.2 Å². The average Bonchev–Trinajstić information content (AvgIpc) is 2.80. The minimum absolute atomic E-state index is 0.299. The van der Waals surface area contributed by atoms with Gasteiger partial charge in [0.1, 0.15) is 0 Å². The minimum atomic E-state index is -0.584. The summed E-state index contributed by atoms with van der Waals surface area (Å²) in [5, 5.41) is 4.51. The van der Waals surface area contributed by atoms with Gasteiger partial charge in [-0.25, -0.2) is 4.68 Å². The molecule has 5 heteroatoms. The SMILES string of the molecule is COCc1cc(OC(=O)C(C)(C)C)n(-c2ccc(C)cc2C)n1. The summed E-state index contributed by atoms with van der Waals surface area (Å²) in [6.07, 6.45) is 0. The Morgan fingerprint density at radius 3 is 2.48 bits per heavy atom. The highest BCUT2D eigenvalue weighted by atomic mass is 16.5. The maximum absolute atomic E-state index is 12.2. The van der Waals surface area contributed by atoms with Gasteiger partial charge in [-0.3, -0.25) is 4.79 Å². The van der Waals surface area contributed by atoms with Gasteiger partial charge in [0.05, 0.1) is 23.4 Å². The Balaban J connectivity index is 2.46. The van der Waals surface area contributed by atoms with Crippen LogP contribution in [0.25, 0.3) is 5.69 Å². The van der Waals surface area contributed by atoms with Crippen LogP contribution < -0.4 is 4.74 Å². The molecule has 0 aliphatic carbocycles. The first-order chi connectivity index (χ1) is 10.7. The van der Waals surface area contributed by atoms with E-state index in [1.807, 2.05) is 46.8 Å². The summed E-state index contributed by atoms with van der Waals surface area (Å²) in [6.45, 7) is 9.87. The van der Waals surface area contributed by atoms with Crippen LogP contribution in [0.2, 0.25) is 0 Å². The topological polar surface area (TPSA) is 53.4 Å². The first-order valence-electron chi connectivity index (χ1n) is 7.60. The molecule has 0 unspecified atom stereocenters. The summed E-state index contributed by atoms with van der Waals surface area (Å²) in [4.78, 5) is 12.2. The molecule has 0 fully saturated rings. The summed E-state index contributed by atoms with van der Waals surface area (Å²) in [7, 11) is 1.61. The van der Waals surface area contributed by atoms with E-state index in [-0.39, 0.29) is 5.97 Å². The molecule has 0 spiro atoms. The van der Waals surface area contributed by atoms with Gasteiger partial charge in [0, 0.05) is 13.2 Å². The second kappa shape index (κ2) is 6.54. The number of aryl methyl sites for hydroxylation is 2. The molecule has 2 rings (SSSR count). The molecule has 0 amide bonds. The first kappa shape index (κ1) is 17.2. The van der Waals surface area contributed by atoms with E-state index in [1.54, 1.807) is 17.9 Å². The van der Waals surface area contributed by atoms with Crippen LogP contribution in [-0.2, 0) is 16.1 Å². The fraction of sp³-hybridized carbons (Fsp3) is 0.444. The van der Waals surface area contributed by atoms with E-state index in [4.69, 9.17) is 9.47 Å². The van der Waals surface area contributed by atoms with Crippen molar-refractivity contribution in [2.75, 3.05) is 7.11 Å². The van der Waals surface area contributed by atoms with E-state index in [2.05, 4.69) is 11.2 Å². The molecule has 5 nitrogen and oxygen atoms in total. The van der Waals surface area contributed by atoms with Crippen LogP contribution >= 0.6 is 0 Å². The van der Waals surface area contributed by atoms with Gasteiger partial charge in [-0.05, 0) is 46.2 Å². The van der Waals surface area contributed by atoms with Crippen molar-refractivity contribution in [3.8, 4) is 11.6 Å². The predicted octanol–water partition coefficient (Wildman–Crippen LogP) is 3.59. The Labute approximate surface area is 137 Å². The van der Waals surface area contributed by atoms with Crippen LogP contribution in [0.1, 0.15) is 37.6 Å². The van der Waals surface area contributed by atoms with Crippen LogP contribution in [0.3, 0.4) is 0 Å². The summed E-state index contributed by atoms with van der Waals surface area (Å²) >= 11 is 0. The monoisotopic (exact) mass is 316 g/mol. The van der Waals surface area contributed by atoms with Crippen LogP contribution in [0.4, 0.5) is 0 Å². The van der Waals surface area contributed by atoms with Crippen molar-refractivity contribution in [3.63, 3.8) is 0 Å². The lowest BCUT2D eigenvalue weighted by Gasteiger charge is -2.17. The number of hydrogen-bond donors (Lipinski definition) is 0. The van der Waals surface area contributed by atoms with E-state index in [0.717, 1.165) is 11.3 Å². The van der Waals surface area contributed by atoms with Crippen LogP contribution in [-0.4, -0.2) is 22.9 Å². The van der Waals surface area contributed by atoms with Crippen molar-refractivity contribution in [3.05, 3.63) is 41.1 Å². The lowest BCUT2D eigenvalue weighted by atomic mass is 9.97. The highest BCUT2D eigenvalue weighted by molar-refractivity contribution is 5.77. The van der Waals surface area contributed by atoms with Crippen molar-refractivity contribution in [2.24, 2.45) is 5.41 Å². The first-order valence-corrected chi connectivity index (χ1v) is 7.60. The molecule has 124 valence electrons. The molecular weight excluding hydrogens is 292 g/mol. The maximum atomic E-state index is 12.2. The van der Waals surface area contributed by atoms with Gasteiger partial charge in [0.25, 0.3) is 0 Å². The Bertz CT molecular complexity index is 712. The third-order valence-corrected chi connectivity index (χ3v) is 3.41. The number of aromatic nitrogens is 2. The maximum Gasteiger partial charge on any atom is 0.317 e. The number of ether oxygens (including phenoxy) is 2. The Morgan fingerprint density at radius 1 is 1.22 bits per heavy atom. The Hall–Kier alpha value is -2.14. The van der Waals surface area contributed by atoms with E-state index in [9.17, 15) is 4.79 Å². The quantitative estimate of drug-likeness (QED) is 0.809. The van der Waals surface area contributed by atoms with E-state index >= 15 is 0 Å². The fourth-order valence-electron chi connectivity index (χ4n) is 2.17. The molecule has 0 aliphatic rings. The molecule has 1 aromatic heterocycles. The van der Waals surface area contributed by atoms with Crippen molar-refractivity contribution < 1.29 is 14.3 Å². The third-order valence-electron chi connectivity index (χ3n) is 3.41. The zero-order valence-corrected chi connectivity index (χ0v) is 14.6. The fourth-order valence-corrected chi connectivity index (χ4v) is 2.17. The van der Waals surface area contributed by atoms with E-state index < -0.39 is 5.41 Å². The molecule has 0 N–H and O–H groups in total. The number of carbonyl (C=O) groups is 1. The van der Waals surface area contributed by atoms with Crippen LogP contribution in [0.15, 0.2) is 24.3 Å². The van der Waals surface area contributed by atoms with Crippen LogP contribution in [0, 0.1) is 19.3 Å². The van der Waals surface area contributed by atoms with Gasteiger partial charge in [-0.15, -0.1) is 0 Å². The molecular formula is C18H24N2O3. The highest BCUT2D eigenvalue weighted by Gasteiger charge is 2.26. The smallest absolute Gasteiger partial charge is 0.317 e. The van der Waals surface area contributed by atoms with Crippen molar-refractivity contribution in [2.45, 2.75) is 41.2 Å². The highest BCUT2D eigenvalue weighted by Crippen LogP contribution is 2.26. The summed E-state index contributed by atoms with van der Waals surface area (Å²) in [5.74, 6) is 0.108.